The van der Waals surface area contributed by atoms with Gasteiger partial charge in [-0.1, -0.05) is 12.6 Å². The van der Waals surface area contributed by atoms with Crippen LogP contribution in [0.5, 0.6) is 11.5 Å². The number of aliphatic hydroxyl groups is 1. The molecule has 2 saturated carbocycles. The number of piperidine rings is 1. The third kappa shape index (κ3) is 1.57. The number of phenolic OH excluding ortho intramolecular Hbond substituents is 1. The lowest BCUT2D eigenvalue weighted by Crippen LogP contribution is -2.75. The number of hydrogen-bond donors (Lipinski definition) is 2. The van der Waals surface area contributed by atoms with Crippen molar-refractivity contribution in [3.8, 4) is 11.5 Å². The number of ether oxygens (including phenoxy) is 1. The van der Waals surface area contributed by atoms with Crippen molar-refractivity contribution in [2.45, 2.75) is 61.7 Å². The van der Waals surface area contributed by atoms with Crippen molar-refractivity contribution in [3.63, 3.8) is 0 Å². The van der Waals surface area contributed by atoms with Crippen LogP contribution < -0.4 is 4.74 Å². The fourth-order valence-electron chi connectivity index (χ4n) is 6.39. The number of aromatic hydroxyl groups is 1. The van der Waals surface area contributed by atoms with Crippen molar-refractivity contribution in [3.05, 3.63) is 35.4 Å². The van der Waals surface area contributed by atoms with Crippen molar-refractivity contribution >= 4 is 0 Å². The van der Waals surface area contributed by atoms with Crippen LogP contribution in [0.4, 0.5) is 0 Å². The van der Waals surface area contributed by atoms with Crippen molar-refractivity contribution in [1.29, 1.82) is 0 Å². The zero-order chi connectivity index (χ0) is 17.0. The van der Waals surface area contributed by atoms with Crippen LogP contribution in [0.25, 0.3) is 0 Å². The van der Waals surface area contributed by atoms with E-state index >= 15 is 0 Å². The van der Waals surface area contributed by atoms with Crippen LogP contribution in [-0.2, 0) is 11.8 Å². The van der Waals surface area contributed by atoms with Crippen LogP contribution in [0, 0.1) is 5.92 Å². The Labute approximate surface area is 148 Å². The molecule has 0 aromatic heterocycles. The van der Waals surface area contributed by atoms with Crippen molar-refractivity contribution < 1.29 is 14.9 Å². The van der Waals surface area contributed by atoms with Gasteiger partial charge in [0.1, 0.15) is 6.10 Å². The van der Waals surface area contributed by atoms with Crippen molar-refractivity contribution in [2.75, 3.05) is 13.1 Å². The summed E-state index contributed by atoms with van der Waals surface area (Å²) in [6.45, 7) is 6.40. The summed E-state index contributed by atoms with van der Waals surface area (Å²) in [6, 6.07) is 3.96. The molecule has 1 spiro atoms. The van der Waals surface area contributed by atoms with E-state index in [1.54, 1.807) is 6.07 Å². The van der Waals surface area contributed by atoms with E-state index in [1.165, 1.54) is 18.4 Å². The molecule has 2 N–H and O–H groups in total. The van der Waals surface area contributed by atoms with Gasteiger partial charge in [0.05, 0.1) is 11.0 Å². The van der Waals surface area contributed by atoms with E-state index in [1.807, 2.05) is 6.07 Å². The van der Waals surface area contributed by atoms with Gasteiger partial charge < -0.3 is 14.9 Å². The standard InChI is InChI=1S/C21H25NO3/c1-12-6-7-21(24)16-10-14-4-5-15(23)18-17(14)20(21,19(12)25-18)8-9-22(16)11-13-2-3-13/h4-5,13,16,19,23-24H,1-3,6-11H2/t16-,19-,20-,21+/m0/s1. The lowest BCUT2D eigenvalue weighted by atomic mass is 9.48. The summed E-state index contributed by atoms with van der Waals surface area (Å²) in [5.41, 5.74) is 2.21. The van der Waals surface area contributed by atoms with Crippen LogP contribution in [0.1, 0.15) is 43.2 Å². The molecule has 2 heterocycles. The molecule has 5 aliphatic rings. The minimum Gasteiger partial charge on any atom is -0.504 e. The van der Waals surface area contributed by atoms with Crippen molar-refractivity contribution in [2.24, 2.45) is 5.92 Å². The minimum absolute atomic E-state index is 0.157. The summed E-state index contributed by atoms with van der Waals surface area (Å²) in [5.74, 6) is 1.64. The maximum absolute atomic E-state index is 12.1. The second-order valence-corrected chi connectivity index (χ2v) is 8.91. The molecule has 3 aliphatic carbocycles. The summed E-state index contributed by atoms with van der Waals surface area (Å²) < 4.78 is 6.29. The highest BCUT2D eigenvalue weighted by Gasteiger charge is 2.71. The molecular formula is C21H25NO3. The van der Waals surface area contributed by atoms with Gasteiger partial charge in [-0.3, -0.25) is 4.90 Å². The molecule has 1 aromatic carbocycles. The zero-order valence-electron chi connectivity index (χ0n) is 14.5. The van der Waals surface area contributed by atoms with Gasteiger partial charge in [-0.25, -0.2) is 0 Å². The Balaban J connectivity index is 1.58. The Morgan fingerprint density at radius 2 is 2.12 bits per heavy atom. The minimum atomic E-state index is -0.780. The van der Waals surface area contributed by atoms with Crippen LogP contribution in [0.3, 0.4) is 0 Å². The Bertz CT molecular complexity index is 801. The molecular weight excluding hydrogens is 314 g/mol. The molecule has 1 aromatic rings. The van der Waals surface area contributed by atoms with Gasteiger partial charge in [0, 0.05) is 18.2 Å². The first-order valence-corrected chi connectivity index (χ1v) is 9.71. The van der Waals surface area contributed by atoms with Gasteiger partial charge >= 0.3 is 0 Å². The van der Waals surface area contributed by atoms with E-state index in [9.17, 15) is 10.2 Å². The molecule has 0 amide bonds. The number of nitrogens with zero attached hydrogens (tertiary/aromatic N) is 1. The average molecular weight is 339 g/mol. The molecule has 0 radical (unpaired) electrons. The maximum atomic E-state index is 12.1. The molecule has 2 bridgehead atoms. The first-order valence-electron chi connectivity index (χ1n) is 9.71. The number of rotatable bonds is 2. The van der Waals surface area contributed by atoms with Crippen LogP contribution in [-0.4, -0.2) is 45.9 Å². The summed E-state index contributed by atoms with van der Waals surface area (Å²) in [6.07, 6.45) is 5.79. The number of benzene rings is 1. The molecule has 25 heavy (non-hydrogen) atoms. The lowest BCUT2D eigenvalue weighted by Gasteiger charge is -2.63. The third-order valence-corrected chi connectivity index (χ3v) is 7.71. The van der Waals surface area contributed by atoms with Gasteiger partial charge in [0.25, 0.3) is 0 Å². The van der Waals surface area contributed by atoms with Crippen LogP contribution in [0.2, 0.25) is 0 Å². The summed E-state index contributed by atoms with van der Waals surface area (Å²) >= 11 is 0. The van der Waals surface area contributed by atoms with Gasteiger partial charge in [-0.05, 0) is 68.2 Å². The van der Waals surface area contributed by atoms with Crippen molar-refractivity contribution in [1.82, 2.24) is 4.90 Å². The first kappa shape index (κ1) is 14.6. The van der Waals surface area contributed by atoms with E-state index in [4.69, 9.17) is 4.74 Å². The predicted octanol–water partition coefficient (Wildman–Crippen LogP) is 2.51. The zero-order valence-corrected chi connectivity index (χ0v) is 14.5. The first-order chi connectivity index (χ1) is 12.0. The molecule has 0 unspecified atom stereocenters. The van der Waals surface area contributed by atoms with E-state index in [2.05, 4.69) is 11.5 Å². The molecule has 2 aliphatic heterocycles. The Morgan fingerprint density at radius 1 is 1.28 bits per heavy atom. The molecule has 132 valence electrons. The SMILES string of the molecule is C=C1CC[C@@]2(O)[C@@H]3Cc4ccc(O)c5c4[C@@]2(CCN3CC2CC2)[C@H]1O5. The van der Waals surface area contributed by atoms with Crippen LogP contribution in [0.15, 0.2) is 24.3 Å². The molecule has 1 saturated heterocycles. The fourth-order valence-corrected chi connectivity index (χ4v) is 6.39. The monoisotopic (exact) mass is 339 g/mol. The predicted molar refractivity (Wildman–Crippen MR) is 93.9 cm³/mol. The highest BCUT2D eigenvalue weighted by molar-refractivity contribution is 5.63. The molecule has 3 fully saturated rings. The third-order valence-electron chi connectivity index (χ3n) is 7.71. The maximum Gasteiger partial charge on any atom is 0.166 e. The lowest BCUT2D eigenvalue weighted by molar-refractivity contribution is -0.174. The average Bonchev–Trinajstić information content (AvgIpc) is 3.32. The Hall–Kier alpha value is -1.52. The van der Waals surface area contributed by atoms with E-state index in [0.29, 0.717) is 5.75 Å². The highest BCUT2D eigenvalue weighted by atomic mass is 16.5. The van der Waals surface area contributed by atoms with Crippen LogP contribution >= 0.6 is 0 Å². The summed E-state index contributed by atoms with van der Waals surface area (Å²) in [4.78, 5) is 2.56. The fraction of sp³-hybridized carbons (Fsp3) is 0.619. The number of hydrogen-bond acceptors (Lipinski definition) is 4. The topological polar surface area (TPSA) is 52.9 Å². The highest BCUT2D eigenvalue weighted by Crippen LogP contribution is 2.66. The van der Waals surface area contributed by atoms with E-state index in [-0.39, 0.29) is 17.9 Å². The quantitative estimate of drug-likeness (QED) is 0.813. The Kier molecular flexibility index (Phi) is 2.58. The normalized spacial score (nSPS) is 41.4. The summed E-state index contributed by atoms with van der Waals surface area (Å²) in [5, 5.41) is 22.5. The largest absolute Gasteiger partial charge is 0.504 e. The molecule has 4 nitrogen and oxygen atoms in total. The number of likely N-dealkylation sites (tertiary alicyclic amines) is 1. The summed E-state index contributed by atoms with van der Waals surface area (Å²) in [7, 11) is 0. The second-order valence-electron chi connectivity index (χ2n) is 8.91. The molecule has 4 heteroatoms. The smallest absolute Gasteiger partial charge is 0.166 e. The Morgan fingerprint density at radius 3 is 2.92 bits per heavy atom. The van der Waals surface area contributed by atoms with Gasteiger partial charge in [-0.2, -0.15) is 0 Å². The van der Waals surface area contributed by atoms with Gasteiger partial charge in [0.15, 0.2) is 11.5 Å². The van der Waals surface area contributed by atoms with E-state index in [0.717, 1.165) is 55.8 Å². The second kappa shape index (κ2) is 4.41. The van der Waals surface area contributed by atoms with Gasteiger partial charge in [0.2, 0.25) is 0 Å². The van der Waals surface area contributed by atoms with Gasteiger partial charge in [-0.15, -0.1) is 0 Å². The molecule has 6 rings (SSSR count). The van der Waals surface area contributed by atoms with E-state index < -0.39 is 11.0 Å². The number of phenols is 1. The molecule has 4 atom stereocenters.